The highest BCUT2D eigenvalue weighted by Gasteiger charge is 2.59. The smallest absolute Gasteiger partial charge is 0.312 e. The summed E-state index contributed by atoms with van der Waals surface area (Å²) in [5, 5.41) is 10.6. The summed E-state index contributed by atoms with van der Waals surface area (Å²) in [7, 11) is 0. The Hall–Kier alpha value is -1.07. The molecule has 0 aromatic rings. The molecule has 0 bridgehead atoms. The summed E-state index contributed by atoms with van der Waals surface area (Å²) in [4.78, 5) is 25.4. The van der Waals surface area contributed by atoms with E-state index in [1.54, 1.807) is 11.8 Å². The lowest BCUT2D eigenvalue weighted by molar-refractivity contribution is -0.163. The molecule has 0 saturated carbocycles. The van der Waals surface area contributed by atoms with E-state index in [2.05, 4.69) is 0 Å². The fourth-order valence-corrected chi connectivity index (χ4v) is 2.65. The minimum Gasteiger partial charge on any atom is -0.466 e. The van der Waals surface area contributed by atoms with Crippen LogP contribution in [0.2, 0.25) is 0 Å². The molecule has 0 fully saturated rings. The van der Waals surface area contributed by atoms with Gasteiger partial charge in [-0.3, -0.25) is 9.59 Å². The van der Waals surface area contributed by atoms with Gasteiger partial charge in [-0.25, -0.2) is 0 Å². The standard InChI is InChI=1S/C13H20ClNO4/c1-5-15(6-2)10-9(14)11(16)13(10,18)8(4)12(17)19-7-3/h8,18H,5-7H2,1-4H3. The average Bonchev–Trinajstić information content (AvgIpc) is 2.42. The van der Waals surface area contributed by atoms with Crippen LogP contribution in [0.25, 0.3) is 0 Å². The van der Waals surface area contributed by atoms with E-state index in [-0.39, 0.29) is 11.6 Å². The maximum absolute atomic E-state index is 11.9. The summed E-state index contributed by atoms with van der Waals surface area (Å²) in [6.45, 7) is 8.30. The predicted molar refractivity (Wildman–Crippen MR) is 71.6 cm³/mol. The molecule has 2 unspecified atom stereocenters. The molecule has 0 spiro atoms. The zero-order valence-corrected chi connectivity index (χ0v) is 12.5. The third-order valence-corrected chi connectivity index (χ3v) is 3.81. The van der Waals surface area contributed by atoms with Crippen LogP contribution in [0.3, 0.4) is 0 Å². The van der Waals surface area contributed by atoms with Crippen LogP contribution in [0.5, 0.6) is 0 Å². The number of ketones is 1. The number of hydrogen-bond acceptors (Lipinski definition) is 5. The van der Waals surface area contributed by atoms with Crippen LogP contribution in [0.15, 0.2) is 10.7 Å². The van der Waals surface area contributed by atoms with Crippen LogP contribution in [-0.4, -0.2) is 47.1 Å². The van der Waals surface area contributed by atoms with Crippen molar-refractivity contribution in [2.45, 2.75) is 33.3 Å². The number of nitrogens with zero attached hydrogens (tertiary/aromatic N) is 1. The van der Waals surface area contributed by atoms with Gasteiger partial charge in [0.1, 0.15) is 5.03 Å². The molecular weight excluding hydrogens is 270 g/mol. The van der Waals surface area contributed by atoms with Crippen molar-refractivity contribution >= 4 is 23.4 Å². The molecule has 1 rings (SSSR count). The Kier molecular flexibility index (Phi) is 4.98. The summed E-state index contributed by atoms with van der Waals surface area (Å²) in [5.41, 5.74) is -1.54. The molecule has 0 saturated heterocycles. The first-order valence-corrected chi connectivity index (χ1v) is 6.82. The van der Waals surface area contributed by atoms with Gasteiger partial charge in [0.15, 0.2) is 5.60 Å². The first-order chi connectivity index (χ1) is 8.85. The molecule has 1 aliphatic carbocycles. The molecule has 0 aromatic heterocycles. The Bertz CT molecular complexity index is 417. The lowest BCUT2D eigenvalue weighted by Crippen LogP contribution is -2.61. The van der Waals surface area contributed by atoms with E-state index < -0.39 is 23.3 Å². The van der Waals surface area contributed by atoms with Gasteiger partial charge in [-0.1, -0.05) is 11.6 Å². The van der Waals surface area contributed by atoms with Gasteiger partial charge in [0.25, 0.3) is 0 Å². The van der Waals surface area contributed by atoms with Crippen LogP contribution >= 0.6 is 11.6 Å². The maximum atomic E-state index is 11.9. The van der Waals surface area contributed by atoms with Gasteiger partial charge in [0.2, 0.25) is 5.78 Å². The number of carbonyl (C=O) groups is 2. The molecule has 6 heteroatoms. The topological polar surface area (TPSA) is 66.8 Å². The van der Waals surface area contributed by atoms with Crippen LogP contribution < -0.4 is 0 Å². The normalized spacial score (nSPS) is 24.0. The minimum absolute atomic E-state index is 0.00217. The van der Waals surface area contributed by atoms with Gasteiger partial charge in [0, 0.05) is 13.1 Å². The number of ether oxygens (including phenoxy) is 1. The second kappa shape index (κ2) is 5.92. The molecule has 108 valence electrons. The van der Waals surface area contributed by atoms with Crippen LogP contribution in [0, 0.1) is 5.92 Å². The van der Waals surface area contributed by atoms with Crippen molar-refractivity contribution in [2.24, 2.45) is 5.92 Å². The summed E-state index contributed by atoms with van der Waals surface area (Å²) in [6.07, 6.45) is 0. The van der Waals surface area contributed by atoms with Gasteiger partial charge in [-0.2, -0.15) is 0 Å². The number of likely N-dealkylation sites (N-methyl/N-ethyl adjacent to an activating group) is 1. The predicted octanol–water partition coefficient (Wildman–Crippen LogP) is 1.29. The van der Waals surface area contributed by atoms with E-state index in [4.69, 9.17) is 16.3 Å². The van der Waals surface area contributed by atoms with Crippen molar-refractivity contribution in [2.75, 3.05) is 19.7 Å². The fraction of sp³-hybridized carbons (Fsp3) is 0.692. The molecule has 1 aliphatic rings. The third kappa shape index (κ3) is 2.37. The van der Waals surface area contributed by atoms with E-state index in [1.165, 1.54) is 6.92 Å². The Labute approximate surface area is 118 Å². The van der Waals surface area contributed by atoms with Crippen molar-refractivity contribution in [1.82, 2.24) is 4.90 Å². The van der Waals surface area contributed by atoms with Crippen molar-refractivity contribution in [1.29, 1.82) is 0 Å². The lowest BCUT2D eigenvalue weighted by atomic mass is 9.73. The molecule has 0 heterocycles. The highest BCUT2D eigenvalue weighted by Crippen LogP contribution is 2.44. The molecule has 19 heavy (non-hydrogen) atoms. The lowest BCUT2D eigenvalue weighted by Gasteiger charge is -2.45. The third-order valence-electron chi connectivity index (χ3n) is 3.46. The number of hydrogen-bond donors (Lipinski definition) is 1. The number of Topliss-reactive ketones (excluding diaryl/α,β-unsaturated/α-hetero) is 1. The summed E-state index contributed by atoms with van der Waals surface area (Å²) in [6, 6.07) is 0. The molecule has 2 atom stereocenters. The van der Waals surface area contributed by atoms with Gasteiger partial charge < -0.3 is 14.7 Å². The number of rotatable bonds is 6. The zero-order chi connectivity index (χ0) is 14.8. The van der Waals surface area contributed by atoms with Gasteiger partial charge >= 0.3 is 5.97 Å². The molecule has 0 radical (unpaired) electrons. The molecule has 5 nitrogen and oxygen atoms in total. The van der Waals surface area contributed by atoms with E-state index in [0.717, 1.165) is 0 Å². The summed E-state index contributed by atoms with van der Waals surface area (Å²) >= 11 is 5.90. The number of aliphatic hydroxyl groups is 1. The minimum atomic E-state index is -1.87. The van der Waals surface area contributed by atoms with Crippen molar-refractivity contribution in [3.8, 4) is 0 Å². The van der Waals surface area contributed by atoms with Crippen molar-refractivity contribution < 1.29 is 19.4 Å². The fourth-order valence-electron chi connectivity index (χ4n) is 2.25. The monoisotopic (exact) mass is 289 g/mol. The van der Waals surface area contributed by atoms with E-state index in [0.29, 0.717) is 18.8 Å². The highest BCUT2D eigenvalue weighted by molar-refractivity contribution is 6.48. The first-order valence-electron chi connectivity index (χ1n) is 6.45. The van der Waals surface area contributed by atoms with Gasteiger partial charge in [0.05, 0.1) is 18.2 Å². The van der Waals surface area contributed by atoms with Crippen LogP contribution in [0.4, 0.5) is 0 Å². The largest absolute Gasteiger partial charge is 0.466 e. The van der Waals surface area contributed by atoms with Crippen LogP contribution in [-0.2, 0) is 14.3 Å². The first kappa shape index (κ1) is 16.0. The van der Waals surface area contributed by atoms with E-state index >= 15 is 0 Å². The van der Waals surface area contributed by atoms with Crippen LogP contribution in [0.1, 0.15) is 27.7 Å². The Morgan fingerprint density at radius 2 is 1.95 bits per heavy atom. The molecule has 0 aliphatic heterocycles. The summed E-state index contributed by atoms with van der Waals surface area (Å²) < 4.78 is 4.87. The maximum Gasteiger partial charge on any atom is 0.312 e. The number of carbonyl (C=O) groups excluding carboxylic acids is 2. The molecular formula is C13H20ClNO4. The Morgan fingerprint density at radius 3 is 2.37 bits per heavy atom. The second-order valence-corrected chi connectivity index (χ2v) is 4.78. The highest BCUT2D eigenvalue weighted by atomic mass is 35.5. The van der Waals surface area contributed by atoms with Crippen molar-refractivity contribution in [3.63, 3.8) is 0 Å². The second-order valence-electron chi connectivity index (χ2n) is 4.40. The Balaban J connectivity index is 3.11. The SMILES string of the molecule is CCOC(=O)C(C)C1(O)C(=O)C(Cl)=C1N(CC)CC. The summed E-state index contributed by atoms with van der Waals surface area (Å²) in [5.74, 6) is -2.19. The van der Waals surface area contributed by atoms with Gasteiger partial charge in [-0.15, -0.1) is 0 Å². The number of esters is 1. The van der Waals surface area contributed by atoms with E-state index in [1.807, 2.05) is 13.8 Å². The van der Waals surface area contributed by atoms with Crippen molar-refractivity contribution in [3.05, 3.63) is 10.7 Å². The zero-order valence-electron chi connectivity index (χ0n) is 11.7. The molecule has 0 aromatic carbocycles. The Morgan fingerprint density at radius 1 is 1.42 bits per heavy atom. The molecule has 0 amide bonds. The quantitative estimate of drug-likeness (QED) is 0.747. The number of halogens is 1. The van der Waals surface area contributed by atoms with E-state index in [9.17, 15) is 14.7 Å². The average molecular weight is 290 g/mol. The van der Waals surface area contributed by atoms with Gasteiger partial charge in [-0.05, 0) is 27.7 Å². The molecule has 1 N–H and O–H groups in total.